The summed E-state index contributed by atoms with van der Waals surface area (Å²) in [6.45, 7) is 4.36. The van der Waals surface area contributed by atoms with Gasteiger partial charge in [0, 0.05) is 22.9 Å². The van der Waals surface area contributed by atoms with Crippen LogP contribution in [0.5, 0.6) is 5.75 Å². The third-order valence-corrected chi connectivity index (χ3v) is 10.2. The lowest BCUT2D eigenvalue weighted by molar-refractivity contribution is -0.116. The summed E-state index contributed by atoms with van der Waals surface area (Å²) in [6.07, 6.45) is 8.26. The number of rotatable bonds is 5. The van der Waals surface area contributed by atoms with Crippen LogP contribution < -0.4 is 5.32 Å². The summed E-state index contributed by atoms with van der Waals surface area (Å²) in [6, 6.07) is 3.96. The zero-order valence-corrected chi connectivity index (χ0v) is 22.3. The number of phenolic OH excluding ortho intramolecular Hbond substituents is 1. The molecular weight excluding hydrogens is 514 g/mol. The SMILES string of the molecule is CO/N=C1\CC(CCC(=O)Nc2ncc(C)s2)C2C3CCc4c(ccc(O)c4Br)C3CCC12C. The zero-order chi connectivity index (χ0) is 24.0. The highest BCUT2D eigenvalue weighted by molar-refractivity contribution is 9.10. The molecule has 2 saturated carbocycles. The monoisotopic (exact) mass is 545 g/mol. The summed E-state index contributed by atoms with van der Waals surface area (Å²) in [5.41, 5.74) is 3.83. The van der Waals surface area contributed by atoms with E-state index in [1.165, 1.54) is 22.5 Å². The molecule has 5 unspecified atom stereocenters. The van der Waals surface area contributed by atoms with Crippen molar-refractivity contribution in [3.8, 4) is 5.75 Å². The maximum Gasteiger partial charge on any atom is 0.226 e. The first-order valence-corrected chi connectivity index (χ1v) is 13.8. The number of oxime groups is 1. The van der Waals surface area contributed by atoms with Crippen LogP contribution in [0.3, 0.4) is 0 Å². The average Bonchev–Trinajstić information content (AvgIpc) is 3.34. The number of carbonyl (C=O) groups is 1. The molecule has 3 aliphatic rings. The molecule has 34 heavy (non-hydrogen) atoms. The van der Waals surface area contributed by atoms with Gasteiger partial charge < -0.3 is 15.3 Å². The molecule has 0 saturated heterocycles. The number of fused-ring (bicyclic) bond motifs is 5. The summed E-state index contributed by atoms with van der Waals surface area (Å²) in [5.74, 6) is 2.26. The molecule has 0 aliphatic heterocycles. The minimum absolute atomic E-state index is 0.0103. The number of aromatic hydroxyl groups is 1. The van der Waals surface area contributed by atoms with E-state index < -0.39 is 0 Å². The Morgan fingerprint density at radius 1 is 1.41 bits per heavy atom. The highest BCUT2D eigenvalue weighted by atomic mass is 79.9. The summed E-state index contributed by atoms with van der Waals surface area (Å²) in [4.78, 5) is 23.4. The van der Waals surface area contributed by atoms with Crippen LogP contribution in [-0.4, -0.2) is 28.8 Å². The van der Waals surface area contributed by atoms with Crippen LogP contribution in [0.1, 0.15) is 67.4 Å². The standard InChI is InChI=1S/C26H32BrN3O3S/c1-14-13-28-25(34-14)29-22(32)9-4-15-12-21(30-33-3)26(2)11-10-17-16-7-8-20(31)24(27)19(16)6-5-18(17)23(15)26/h7-8,13,15,17-18,23,31H,4-6,9-12H2,1-3H3,(H,28,29,32)/b30-21+. The third-order valence-electron chi connectivity index (χ3n) is 8.51. The van der Waals surface area contributed by atoms with Crippen molar-refractivity contribution >= 4 is 44.0 Å². The van der Waals surface area contributed by atoms with Crippen LogP contribution >= 0.6 is 27.3 Å². The van der Waals surface area contributed by atoms with E-state index in [4.69, 9.17) is 4.84 Å². The fraction of sp³-hybridized carbons (Fsp3) is 0.577. The van der Waals surface area contributed by atoms with Crippen LogP contribution in [0.25, 0.3) is 0 Å². The van der Waals surface area contributed by atoms with Crippen LogP contribution in [0, 0.1) is 30.1 Å². The van der Waals surface area contributed by atoms with E-state index in [-0.39, 0.29) is 11.3 Å². The van der Waals surface area contributed by atoms with E-state index in [1.54, 1.807) is 13.3 Å². The number of hydrogen-bond acceptors (Lipinski definition) is 6. The van der Waals surface area contributed by atoms with E-state index in [9.17, 15) is 9.90 Å². The molecule has 2 aromatic rings. The van der Waals surface area contributed by atoms with Gasteiger partial charge in [-0.25, -0.2) is 4.98 Å². The molecule has 0 radical (unpaired) electrons. The van der Waals surface area contributed by atoms with Gasteiger partial charge in [0.15, 0.2) is 5.13 Å². The highest BCUT2D eigenvalue weighted by Gasteiger charge is 2.57. The van der Waals surface area contributed by atoms with Crippen LogP contribution in [-0.2, 0) is 16.1 Å². The first-order valence-electron chi connectivity index (χ1n) is 12.1. The van der Waals surface area contributed by atoms with Crippen molar-refractivity contribution in [1.29, 1.82) is 0 Å². The van der Waals surface area contributed by atoms with Crippen molar-refractivity contribution in [1.82, 2.24) is 4.98 Å². The van der Waals surface area contributed by atoms with E-state index in [1.807, 2.05) is 13.0 Å². The Labute approximate surface area is 213 Å². The maximum absolute atomic E-state index is 12.7. The molecule has 5 atom stereocenters. The number of hydrogen-bond donors (Lipinski definition) is 2. The molecule has 1 amide bonds. The zero-order valence-electron chi connectivity index (χ0n) is 19.9. The van der Waals surface area contributed by atoms with Crippen LogP contribution in [0.15, 0.2) is 28.0 Å². The topological polar surface area (TPSA) is 83.8 Å². The number of aryl methyl sites for hydroxylation is 1. The molecule has 1 aromatic carbocycles. The van der Waals surface area contributed by atoms with E-state index >= 15 is 0 Å². The summed E-state index contributed by atoms with van der Waals surface area (Å²) >= 11 is 5.14. The van der Waals surface area contributed by atoms with E-state index in [2.05, 4.69) is 44.4 Å². The van der Waals surface area contributed by atoms with Gasteiger partial charge in [0.1, 0.15) is 12.9 Å². The second kappa shape index (κ2) is 9.26. The smallest absolute Gasteiger partial charge is 0.226 e. The normalized spacial score (nSPS) is 31.0. The lowest BCUT2D eigenvalue weighted by Crippen LogP contribution is -2.44. The Balaban J connectivity index is 1.39. The minimum atomic E-state index is 0.0103. The fourth-order valence-corrected chi connectivity index (χ4v) is 8.36. The number of thiazole rings is 1. The van der Waals surface area contributed by atoms with Gasteiger partial charge in [-0.15, -0.1) is 11.3 Å². The second-order valence-corrected chi connectivity index (χ2v) is 12.3. The number of carbonyl (C=O) groups excluding carboxylic acids is 1. The molecule has 0 spiro atoms. The third kappa shape index (κ3) is 4.06. The molecule has 8 heteroatoms. The van der Waals surface area contributed by atoms with Crippen molar-refractivity contribution < 1.29 is 14.7 Å². The molecule has 2 fully saturated rings. The molecule has 6 nitrogen and oxygen atoms in total. The summed E-state index contributed by atoms with van der Waals surface area (Å²) in [5, 5.41) is 18.4. The van der Waals surface area contributed by atoms with E-state index in [0.29, 0.717) is 41.0 Å². The summed E-state index contributed by atoms with van der Waals surface area (Å²) in [7, 11) is 1.63. The van der Waals surface area contributed by atoms with Gasteiger partial charge >= 0.3 is 0 Å². The molecule has 182 valence electrons. The first kappa shape index (κ1) is 23.8. The van der Waals surface area contributed by atoms with E-state index in [0.717, 1.165) is 53.6 Å². The first-order chi connectivity index (χ1) is 16.3. The number of benzene rings is 1. The average molecular weight is 547 g/mol. The molecule has 2 N–H and O–H groups in total. The molecule has 1 heterocycles. The van der Waals surface area contributed by atoms with Crippen molar-refractivity contribution in [2.24, 2.45) is 28.3 Å². The lowest BCUT2D eigenvalue weighted by atomic mass is 9.54. The van der Waals surface area contributed by atoms with Crippen LogP contribution in [0.4, 0.5) is 5.13 Å². The van der Waals surface area contributed by atoms with Crippen molar-refractivity contribution in [3.63, 3.8) is 0 Å². The number of anilines is 1. The number of aromatic nitrogens is 1. The van der Waals surface area contributed by atoms with Gasteiger partial charge in [-0.05, 0) is 102 Å². The van der Waals surface area contributed by atoms with Gasteiger partial charge in [-0.3, -0.25) is 4.79 Å². The second-order valence-electron chi connectivity index (χ2n) is 10.3. The van der Waals surface area contributed by atoms with Gasteiger partial charge in [0.05, 0.1) is 10.2 Å². The Kier molecular flexibility index (Phi) is 6.48. The molecular formula is C26H32BrN3O3S. The number of phenols is 1. The predicted octanol–water partition coefficient (Wildman–Crippen LogP) is 6.42. The fourth-order valence-electron chi connectivity index (χ4n) is 7.12. The number of amides is 1. The molecule has 0 bridgehead atoms. The molecule has 5 rings (SSSR count). The largest absolute Gasteiger partial charge is 0.507 e. The van der Waals surface area contributed by atoms with Crippen molar-refractivity contribution in [2.45, 2.75) is 64.7 Å². The molecule has 3 aliphatic carbocycles. The Morgan fingerprint density at radius 2 is 2.24 bits per heavy atom. The van der Waals surface area contributed by atoms with Gasteiger partial charge in [-0.1, -0.05) is 18.1 Å². The quantitative estimate of drug-likeness (QED) is 0.424. The van der Waals surface area contributed by atoms with Gasteiger partial charge in [0.2, 0.25) is 5.91 Å². The van der Waals surface area contributed by atoms with Crippen molar-refractivity contribution in [3.05, 3.63) is 38.8 Å². The highest BCUT2D eigenvalue weighted by Crippen LogP contribution is 2.63. The van der Waals surface area contributed by atoms with Crippen molar-refractivity contribution in [2.75, 3.05) is 12.4 Å². The predicted molar refractivity (Wildman–Crippen MR) is 138 cm³/mol. The Hall–Kier alpha value is -1.93. The van der Waals surface area contributed by atoms with Crippen LogP contribution in [0.2, 0.25) is 0 Å². The van der Waals surface area contributed by atoms with Gasteiger partial charge in [-0.2, -0.15) is 0 Å². The summed E-state index contributed by atoms with van der Waals surface area (Å²) < 4.78 is 0.857. The number of nitrogens with one attached hydrogen (secondary N) is 1. The minimum Gasteiger partial charge on any atom is -0.507 e. The Bertz CT molecular complexity index is 1130. The Morgan fingerprint density at radius 3 is 2.97 bits per heavy atom. The number of halogens is 1. The molecule has 1 aromatic heterocycles. The van der Waals surface area contributed by atoms with Gasteiger partial charge in [0.25, 0.3) is 0 Å². The maximum atomic E-state index is 12.7. The number of nitrogens with zero attached hydrogens (tertiary/aromatic N) is 2. The lowest BCUT2D eigenvalue weighted by Gasteiger charge is -2.50.